The number of aromatic nitrogens is 1. The van der Waals surface area contributed by atoms with Gasteiger partial charge in [0.15, 0.2) is 4.80 Å². The van der Waals surface area contributed by atoms with Crippen LogP contribution < -0.4 is 21.8 Å². The van der Waals surface area contributed by atoms with E-state index in [9.17, 15) is 0 Å². The van der Waals surface area contributed by atoms with Crippen LogP contribution in [0.1, 0.15) is 12.6 Å². The van der Waals surface area contributed by atoms with Gasteiger partial charge >= 0.3 is 0 Å². The Morgan fingerprint density at radius 3 is 2.53 bits per heavy atom. The van der Waals surface area contributed by atoms with E-state index >= 15 is 0 Å². The lowest BCUT2D eigenvalue weighted by Gasteiger charge is -2.00. The van der Waals surface area contributed by atoms with Gasteiger partial charge in [0.05, 0.1) is 5.69 Å². The van der Waals surface area contributed by atoms with Gasteiger partial charge in [-0.3, -0.25) is 0 Å². The van der Waals surface area contributed by atoms with Crippen molar-refractivity contribution in [2.75, 3.05) is 0 Å². The van der Waals surface area contributed by atoms with Crippen molar-refractivity contribution >= 4 is 28.6 Å². The van der Waals surface area contributed by atoms with Crippen LogP contribution in [0.2, 0.25) is 5.02 Å². The van der Waals surface area contributed by atoms with Crippen molar-refractivity contribution in [3.05, 3.63) is 45.2 Å². The third-order valence-electron chi connectivity index (χ3n) is 2.36. The van der Waals surface area contributed by atoms with Gasteiger partial charge in [0.2, 0.25) is 0 Å². The molecule has 1 heterocycles. The fourth-order valence-corrected chi connectivity index (χ4v) is 2.60. The van der Waals surface area contributed by atoms with E-state index in [2.05, 4.69) is 28.8 Å². The molecule has 0 atom stereocenters. The van der Waals surface area contributed by atoms with Crippen LogP contribution in [-0.2, 0) is 6.54 Å². The minimum Gasteiger partial charge on any atom is -1.00 e. The molecule has 2 nitrogen and oxygen atoms in total. The summed E-state index contributed by atoms with van der Waals surface area (Å²) in [5.74, 6) is 0. The van der Waals surface area contributed by atoms with Gasteiger partial charge in [-0.2, -0.15) is 0 Å². The molecule has 0 saturated heterocycles. The molecular weight excluding hydrogens is 320 g/mol. The molecule has 0 N–H and O–H groups in total. The predicted octanol–water partition coefficient (Wildman–Crippen LogP) is 0.768. The average molecular weight is 333 g/mol. The van der Waals surface area contributed by atoms with E-state index in [1.54, 1.807) is 11.3 Å². The van der Waals surface area contributed by atoms with Gasteiger partial charge in [-0.15, -0.1) is 11.3 Å². The minimum atomic E-state index is 0. The summed E-state index contributed by atoms with van der Waals surface area (Å²) in [4.78, 5) is 5.63. The third-order valence-corrected chi connectivity index (χ3v) is 3.59. The molecule has 92 valence electrons. The lowest BCUT2D eigenvalue weighted by atomic mass is 10.3. The number of nitrogens with zero attached hydrogens (tertiary/aromatic N) is 2. The van der Waals surface area contributed by atoms with Gasteiger partial charge in [0, 0.05) is 22.6 Å². The summed E-state index contributed by atoms with van der Waals surface area (Å²) in [7, 11) is 0. The van der Waals surface area contributed by atoms with Gasteiger partial charge in [0.1, 0.15) is 0 Å². The van der Waals surface area contributed by atoms with E-state index in [1.807, 2.05) is 24.3 Å². The summed E-state index contributed by atoms with van der Waals surface area (Å²) >= 11 is 7.50. The molecule has 17 heavy (non-hydrogen) atoms. The average Bonchev–Trinajstić information content (AvgIpc) is 2.63. The second-order valence-corrected chi connectivity index (χ2v) is 4.77. The highest BCUT2D eigenvalue weighted by molar-refractivity contribution is 7.07. The SMILES string of the molecule is CCn1c(C)csc1=Nc1ccc(Cl)cc1.[Br-]. The van der Waals surface area contributed by atoms with Crippen LogP contribution in [0.25, 0.3) is 0 Å². The Morgan fingerprint density at radius 1 is 1.29 bits per heavy atom. The lowest BCUT2D eigenvalue weighted by molar-refractivity contribution is -0.00000331. The van der Waals surface area contributed by atoms with Crippen LogP contribution in [0.4, 0.5) is 5.69 Å². The van der Waals surface area contributed by atoms with E-state index in [1.165, 1.54) is 5.69 Å². The molecule has 1 aromatic heterocycles. The van der Waals surface area contributed by atoms with Crippen molar-refractivity contribution in [2.24, 2.45) is 4.99 Å². The molecular formula is C12H13BrClN2S-. The first-order valence-electron chi connectivity index (χ1n) is 5.16. The van der Waals surface area contributed by atoms with E-state index in [0.717, 1.165) is 22.1 Å². The second kappa shape index (κ2) is 6.38. The zero-order valence-corrected chi connectivity index (χ0v) is 12.8. The van der Waals surface area contributed by atoms with Gasteiger partial charge < -0.3 is 21.5 Å². The highest BCUT2D eigenvalue weighted by atomic mass is 79.9. The van der Waals surface area contributed by atoms with Gasteiger partial charge in [-0.05, 0) is 38.1 Å². The highest BCUT2D eigenvalue weighted by Gasteiger charge is 1.98. The molecule has 0 spiro atoms. The van der Waals surface area contributed by atoms with Gasteiger partial charge in [-0.25, -0.2) is 4.99 Å². The van der Waals surface area contributed by atoms with Crippen LogP contribution in [0.5, 0.6) is 0 Å². The molecule has 0 unspecified atom stereocenters. The standard InChI is InChI=1S/C12H13ClN2S.BrH/c1-3-15-9(2)8-16-12(15)14-11-6-4-10(13)5-7-11;/h4-8H,3H2,1-2H3;1H/p-1. The summed E-state index contributed by atoms with van der Waals surface area (Å²) in [6.45, 7) is 5.17. The molecule has 0 fully saturated rings. The second-order valence-electron chi connectivity index (χ2n) is 3.49. The van der Waals surface area contributed by atoms with E-state index < -0.39 is 0 Å². The number of aryl methyl sites for hydroxylation is 1. The van der Waals surface area contributed by atoms with E-state index in [-0.39, 0.29) is 17.0 Å². The number of hydrogen-bond acceptors (Lipinski definition) is 2. The molecule has 2 aromatic rings. The van der Waals surface area contributed by atoms with E-state index in [4.69, 9.17) is 11.6 Å². The molecule has 0 aliphatic rings. The smallest absolute Gasteiger partial charge is 0.190 e. The fourth-order valence-electron chi connectivity index (χ4n) is 1.51. The molecule has 0 saturated carbocycles. The van der Waals surface area contributed by atoms with Crippen molar-refractivity contribution in [1.82, 2.24) is 4.57 Å². The first kappa shape index (κ1) is 14.5. The van der Waals surface area contributed by atoms with Crippen LogP contribution in [0, 0.1) is 6.92 Å². The number of rotatable bonds is 2. The number of hydrogen-bond donors (Lipinski definition) is 0. The molecule has 0 aliphatic carbocycles. The predicted molar refractivity (Wildman–Crippen MR) is 69.4 cm³/mol. The van der Waals surface area contributed by atoms with E-state index in [0.29, 0.717) is 0 Å². The van der Waals surface area contributed by atoms with Crippen molar-refractivity contribution in [3.8, 4) is 0 Å². The molecule has 0 aliphatic heterocycles. The van der Waals surface area contributed by atoms with Crippen molar-refractivity contribution < 1.29 is 17.0 Å². The summed E-state index contributed by atoms with van der Waals surface area (Å²) in [6, 6.07) is 7.57. The lowest BCUT2D eigenvalue weighted by Crippen LogP contribution is -3.00. The zero-order valence-electron chi connectivity index (χ0n) is 9.65. The molecule has 5 heteroatoms. The summed E-state index contributed by atoms with van der Waals surface area (Å²) in [6.07, 6.45) is 0. The normalized spacial score (nSPS) is 11.4. The molecule has 2 rings (SSSR count). The Bertz CT molecular complexity index is 542. The Balaban J connectivity index is 0.00000144. The Labute approximate surface area is 120 Å². The molecule has 1 aromatic carbocycles. The van der Waals surface area contributed by atoms with Crippen LogP contribution in [0.15, 0.2) is 34.6 Å². The first-order valence-corrected chi connectivity index (χ1v) is 6.41. The van der Waals surface area contributed by atoms with Gasteiger partial charge in [0.25, 0.3) is 0 Å². The molecule has 0 amide bonds. The van der Waals surface area contributed by atoms with Crippen molar-refractivity contribution in [1.29, 1.82) is 0 Å². The van der Waals surface area contributed by atoms with Crippen LogP contribution in [0.3, 0.4) is 0 Å². The maximum absolute atomic E-state index is 5.83. The maximum Gasteiger partial charge on any atom is 0.190 e. The molecule has 0 radical (unpaired) electrons. The van der Waals surface area contributed by atoms with Crippen LogP contribution in [-0.4, -0.2) is 4.57 Å². The van der Waals surface area contributed by atoms with Crippen molar-refractivity contribution in [2.45, 2.75) is 20.4 Å². The number of halogens is 2. The Morgan fingerprint density at radius 2 is 1.94 bits per heavy atom. The quantitative estimate of drug-likeness (QED) is 0.773. The summed E-state index contributed by atoms with van der Waals surface area (Å²) in [5.41, 5.74) is 2.19. The summed E-state index contributed by atoms with van der Waals surface area (Å²) < 4.78 is 2.19. The number of thiazole rings is 1. The Kier molecular flexibility index (Phi) is 5.43. The summed E-state index contributed by atoms with van der Waals surface area (Å²) in [5, 5.41) is 2.86. The maximum atomic E-state index is 5.83. The van der Waals surface area contributed by atoms with Crippen molar-refractivity contribution in [3.63, 3.8) is 0 Å². The monoisotopic (exact) mass is 331 g/mol. The zero-order chi connectivity index (χ0) is 11.5. The Hall–Kier alpha value is -0.580. The van der Waals surface area contributed by atoms with Crippen LogP contribution >= 0.6 is 22.9 Å². The minimum absolute atomic E-state index is 0. The topological polar surface area (TPSA) is 17.3 Å². The largest absolute Gasteiger partial charge is 1.00 e. The highest BCUT2D eigenvalue weighted by Crippen LogP contribution is 2.15. The molecule has 0 bridgehead atoms. The number of benzene rings is 1. The van der Waals surface area contributed by atoms with Gasteiger partial charge in [-0.1, -0.05) is 11.6 Å². The third kappa shape index (κ3) is 3.44. The fraction of sp³-hybridized carbons (Fsp3) is 0.250. The first-order chi connectivity index (χ1) is 7.70.